The summed E-state index contributed by atoms with van der Waals surface area (Å²) < 4.78 is 29.9. The predicted octanol–water partition coefficient (Wildman–Crippen LogP) is 4.39. The van der Waals surface area contributed by atoms with Crippen LogP contribution in [0.15, 0.2) is 66.7 Å². The lowest BCUT2D eigenvalue weighted by atomic mass is 10.0. The van der Waals surface area contributed by atoms with Crippen LogP contribution in [0.3, 0.4) is 0 Å². The molecule has 32 heavy (non-hydrogen) atoms. The van der Waals surface area contributed by atoms with Gasteiger partial charge in [-0.2, -0.15) is 0 Å². The zero-order chi connectivity index (χ0) is 22.6. The van der Waals surface area contributed by atoms with Crippen molar-refractivity contribution in [2.45, 2.75) is 38.8 Å². The lowest BCUT2D eigenvalue weighted by Crippen LogP contribution is -2.41. The number of rotatable bonds is 8. The Balaban J connectivity index is 1.57. The zero-order valence-corrected chi connectivity index (χ0v) is 19.2. The van der Waals surface area contributed by atoms with Gasteiger partial charge in [0, 0.05) is 12.6 Å². The third kappa shape index (κ3) is 5.30. The SMILES string of the molecule is CCCOc1ccc(CN(C(=O)Cc2cccc3ccccc23)[C@H]2CCS(=O)(=O)C2)cc1. The van der Waals surface area contributed by atoms with Crippen molar-refractivity contribution in [2.75, 3.05) is 18.1 Å². The number of carbonyl (C=O) groups is 1. The van der Waals surface area contributed by atoms with Crippen LogP contribution in [0.5, 0.6) is 5.75 Å². The second-order valence-electron chi connectivity index (χ2n) is 8.39. The van der Waals surface area contributed by atoms with E-state index in [1.54, 1.807) is 4.90 Å². The third-order valence-electron chi connectivity index (χ3n) is 5.94. The Bertz CT molecular complexity index is 1180. The molecule has 1 atom stereocenters. The van der Waals surface area contributed by atoms with Crippen LogP contribution in [0.4, 0.5) is 0 Å². The molecule has 1 aliphatic heterocycles. The quantitative estimate of drug-likeness (QED) is 0.510. The summed E-state index contributed by atoms with van der Waals surface area (Å²) >= 11 is 0. The maximum atomic E-state index is 13.5. The largest absolute Gasteiger partial charge is 0.494 e. The van der Waals surface area contributed by atoms with E-state index in [1.807, 2.05) is 66.7 Å². The highest BCUT2D eigenvalue weighted by Gasteiger charge is 2.34. The number of amides is 1. The number of fused-ring (bicyclic) bond motifs is 1. The van der Waals surface area contributed by atoms with E-state index in [0.29, 0.717) is 19.6 Å². The summed E-state index contributed by atoms with van der Waals surface area (Å²) in [5.41, 5.74) is 1.92. The summed E-state index contributed by atoms with van der Waals surface area (Å²) in [5.74, 6) is 0.924. The Morgan fingerprint density at radius 1 is 1.03 bits per heavy atom. The molecular weight excluding hydrogens is 422 g/mol. The molecule has 168 valence electrons. The van der Waals surface area contributed by atoms with Gasteiger partial charge >= 0.3 is 0 Å². The summed E-state index contributed by atoms with van der Waals surface area (Å²) in [4.78, 5) is 15.2. The Labute approximate surface area is 189 Å². The summed E-state index contributed by atoms with van der Waals surface area (Å²) in [6, 6.07) is 21.4. The molecule has 6 heteroatoms. The lowest BCUT2D eigenvalue weighted by molar-refractivity contribution is -0.133. The van der Waals surface area contributed by atoms with Crippen molar-refractivity contribution in [3.8, 4) is 5.75 Å². The van der Waals surface area contributed by atoms with Gasteiger partial charge < -0.3 is 9.64 Å². The van der Waals surface area contributed by atoms with Gasteiger partial charge in [-0.25, -0.2) is 8.42 Å². The Hall–Kier alpha value is -2.86. The molecule has 0 spiro atoms. The lowest BCUT2D eigenvalue weighted by Gasteiger charge is -2.29. The molecule has 1 aliphatic rings. The van der Waals surface area contributed by atoms with Crippen molar-refractivity contribution in [3.63, 3.8) is 0 Å². The number of hydrogen-bond donors (Lipinski definition) is 0. The molecule has 0 bridgehead atoms. The van der Waals surface area contributed by atoms with Gasteiger partial charge in [0.25, 0.3) is 0 Å². The molecule has 4 rings (SSSR count). The average molecular weight is 452 g/mol. The highest BCUT2D eigenvalue weighted by molar-refractivity contribution is 7.91. The van der Waals surface area contributed by atoms with Gasteiger partial charge in [0.05, 0.1) is 24.5 Å². The summed E-state index contributed by atoms with van der Waals surface area (Å²) in [5, 5.41) is 2.15. The second kappa shape index (κ2) is 9.74. The van der Waals surface area contributed by atoms with Crippen molar-refractivity contribution in [3.05, 3.63) is 77.9 Å². The van der Waals surface area contributed by atoms with Gasteiger partial charge in [-0.15, -0.1) is 0 Å². The number of hydrogen-bond acceptors (Lipinski definition) is 4. The Kier molecular flexibility index (Phi) is 6.80. The van der Waals surface area contributed by atoms with Crippen molar-refractivity contribution in [2.24, 2.45) is 0 Å². The van der Waals surface area contributed by atoms with Crippen molar-refractivity contribution >= 4 is 26.5 Å². The highest BCUT2D eigenvalue weighted by Crippen LogP contribution is 2.24. The molecule has 0 aliphatic carbocycles. The molecule has 1 heterocycles. The second-order valence-corrected chi connectivity index (χ2v) is 10.6. The van der Waals surface area contributed by atoms with Crippen LogP contribution in [0, 0.1) is 0 Å². The van der Waals surface area contributed by atoms with Crippen molar-refractivity contribution in [1.29, 1.82) is 0 Å². The first kappa shape index (κ1) is 22.3. The van der Waals surface area contributed by atoms with Gasteiger partial charge in [0.1, 0.15) is 5.75 Å². The number of ether oxygens (including phenoxy) is 1. The number of carbonyl (C=O) groups excluding carboxylic acids is 1. The maximum Gasteiger partial charge on any atom is 0.227 e. The van der Waals surface area contributed by atoms with Crippen LogP contribution in [-0.2, 0) is 27.6 Å². The van der Waals surface area contributed by atoms with Crippen LogP contribution in [0.1, 0.15) is 30.9 Å². The van der Waals surface area contributed by atoms with E-state index >= 15 is 0 Å². The van der Waals surface area contributed by atoms with E-state index < -0.39 is 9.84 Å². The van der Waals surface area contributed by atoms with Crippen LogP contribution in [-0.4, -0.2) is 43.4 Å². The number of nitrogens with zero attached hydrogens (tertiary/aromatic N) is 1. The summed E-state index contributed by atoms with van der Waals surface area (Å²) in [6.45, 7) is 3.11. The van der Waals surface area contributed by atoms with Gasteiger partial charge in [-0.1, -0.05) is 61.5 Å². The Morgan fingerprint density at radius 3 is 2.50 bits per heavy atom. The Morgan fingerprint density at radius 2 is 1.78 bits per heavy atom. The minimum atomic E-state index is -3.10. The van der Waals surface area contributed by atoms with Crippen LogP contribution < -0.4 is 4.74 Å². The summed E-state index contributed by atoms with van der Waals surface area (Å²) in [7, 11) is -3.10. The van der Waals surface area contributed by atoms with E-state index in [2.05, 4.69) is 6.92 Å². The van der Waals surface area contributed by atoms with Gasteiger partial charge in [-0.05, 0) is 46.9 Å². The smallest absolute Gasteiger partial charge is 0.227 e. The summed E-state index contributed by atoms with van der Waals surface area (Å²) in [6.07, 6.45) is 1.67. The van der Waals surface area contributed by atoms with Gasteiger partial charge in [-0.3, -0.25) is 4.79 Å². The minimum Gasteiger partial charge on any atom is -0.494 e. The molecule has 0 aromatic heterocycles. The molecule has 1 amide bonds. The molecule has 0 saturated carbocycles. The van der Waals surface area contributed by atoms with E-state index in [9.17, 15) is 13.2 Å². The maximum absolute atomic E-state index is 13.5. The average Bonchev–Trinajstić information content (AvgIpc) is 3.16. The van der Waals surface area contributed by atoms with E-state index in [-0.39, 0.29) is 29.9 Å². The van der Waals surface area contributed by atoms with E-state index in [1.165, 1.54) is 0 Å². The van der Waals surface area contributed by atoms with Crippen LogP contribution in [0.2, 0.25) is 0 Å². The van der Waals surface area contributed by atoms with E-state index in [4.69, 9.17) is 4.74 Å². The molecule has 1 saturated heterocycles. The monoisotopic (exact) mass is 451 g/mol. The van der Waals surface area contributed by atoms with Crippen LogP contribution in [0.25, 0.3) is 10.8 Å². The fourth-order valence-electron chi connectivity index (χ4n) is 4.26. The predicted molar refractivity (Wildman–Crippen MR) is 127 cm³/mol. The highest BCUT2D eigenvalue weighted by atomic mass is 32.2. The van der Waals surface area contributed by atoms with E-state index in [0.717, 1.165) is 34.1 Å². The number of benzene rings is 3. The fraction of sp³-hybridized carbons (Fsp3) is 0.346. The zero-order valence-electron chi connectivity index (χ0n) is 18.4. The molecule has 3 aromatic carbocycles. The normalized spacial score (nSPS) is 17.3. The molecule has 1 fully saturated rings. The van der Waals surface area contributed by atoms with Crippen molar-refractivity contribution in [1.82, 2.24) is 4.90 Å². The van der Waals surface area contributed by atoms with Gasteiger partial charge in [0.15, 0.2) is 9.84 Å². The first-order valence-electron chi connectivity index (χ1n) is 11.1. The fourth-order valence-corrected chi connectivity index (χ4v) is 5.99. The third-order valence-corrected chi connectivity index (χ3v) is 7.69. The molecule has 3 aromatic rings. The topological polar surface area (TPSA) is 63.7 Å². The van der Waals surface area contributed by atoms with Gasteiger partial charge in [0.2, 0.25) is 5.91 Å². The molecule has 0 radical (unpaired) electrons. The minimum absolute atomic E-state index is 0.0337. The first-order chi connectivity index (χ1) is 15.4. The molecule has 0 unspecified atom stereocenters. The molecule has 0 N–H and O–H groups in total. The first-order valence-corrected chi connectivity index (χ1v) is 13.0. The molecule has 5 nitrogen and oxygen atoms in total. The van der Waals surface area contributed by atoms with Crippen molar-refractivity contribution < 1.29 is 17.9 Å². The standard InChI is InChI=1S/C26H29NO4S/c1-2-15-31-24-12-10-20(11-13-24)18-27(23-14-16-32(29,30)19-23)26(28)17-22-8-5-7-21-6-3-4-9-25(21)22/h3-13,23H,2,14-19H2,1H3/t23-/m0/s1. The number of sulfone groups is 1. The molecular formula is C26H29NO4S. The van der Waals surface area contributed by atoms with Crippen LogP contribution >= 0.6 is 0 Å².